The molecule has 1 rings (SSSR count). The van der Waals surface area contributed by atoms with Crippen LogP contribution in [0.25, 0.3) is 0 Å². The molecular formula is C10H12N2. The SMILES string of the molecule is CN=C(C#N)C1=CC=C(C)CC1. The van der Waals surface area contributed by atoms with Crippen molar-refractivity contribution in [2.75, 3.05) is 7.05 Å². The molecule has 0 fully saturated rings. The smallest absolute Gasteiger partial charge is 0.138 e. The average Bonchev–Trinajstić information content (AvgIpc) is 2.10. The third-order valence-electron chi connectivity index (χ3n) is 1.99. The van der Waals surface area contributed by atoms with Crippen LogP contribution < -0.4 is 0 Å². The zero-order valence-electron chi connectivity index (χ0n) is 7.46. The minimum Gasteiger partial charge on any atom is -0.277 e. The molecule has 0 aliphatic heterocycles. The van der Waals surface area contributed by atoms with E-state index in [0.29, 0.717) is 5.71 Å². The summed E-state index contributed by atoms with van der Waals surface area (Å²) in [5, 5.41) is 8.70. The second-order valence-electron chi connectivity index (χ2n) is 2.89. The molecule has 2 nitrogen and oxygen atoms in total. The van der Waals surface area contributed by atoms with Gasteiger partial charge >= 0.3 is 0 Å². The van der Waals surface area contributed by atoms with Gasteiger partial charge in [0.25, 0.3) is 0 Å². The lowest BCUT2D eigenvalue weighted by Crippen LogP contribution is -2.02. The van der Waals surface area contributed by atoms with E-state index in [9.17, 15) is 0 Å². The van der Waals surface area contributed by atoms with Gasteiger partial charge in [-0.2, -0.15) is 5.26 Å². The Morgan fingerprint density at radius 1 is 1.50 bits per heavy atom. The minimum absolute atomic E-state index is 0.568. The third-order valence-corrected chi connectivity index (χ3v) is 1.99. The zero-order chi connectivity index (χ0) is 8.97. The Morgan fingerprint density at radius 2 is 2.25 bits per heavy atom. The standard InChI is InChI=1S/C10H12N2/c1-8-3-5-9(6-4-8)10(7-11)12-2/h3,5H,4,6H2,1-2H3. The summed E-state index contributed by atoms with van der Waals surface area (Å²) in [6, 6.07) is 2.09. The predicted octanol–water partition coefficient (Wildman–Crippen LogP) is 2.25. The van der Waals surface area contributed by atoms with Gasteiger partial charge in [0.2, 0.25) is 0 Å². The number of rotatable bonds is 1. The van der Waals surface area contributed by atoms with Crippen molar-refractivity contribution in [3.8, 4) is 6.07 Å². The summed E-state index contributed by atoms with van der Waals surface area (Å²) in [5.41, 5.74) is 3.00. The predicted molar refractivity (Wildman–Crippen MR) is 50.0 cm³/mol. The molecule has 1 aliphatic carbocycles. The van der Waals surface area contributed by atoms with Crippen molar-refractivity contribution in [3.05, 3.63) is 23.3 Å². The summed E-state index contributed by atoms with van der Waals surface area (Å²) in [7, 11) is 1.66. The summed E-state index contributed by atoms with van der Waals surface area (Å²) in [6.07, 6.45) is 6.04. The Kier molecular flexibility index (Phi) is 2.82. The van der Waals surface area contributed by atoms with E-state index in [1.807, 2.05) is 6.08 Å². The van der Waals surface area contributed by atoms with Crippen LogP contribution in [0.5, 0.6) is 0 Å². The van der Waals surface area contributed by atoms with E-state index in [-0.39, 0.29) is 0 Å². The fraction of sp³-hybridized carbons (Fsp3) is 0.400. The first-order chi connectivity index (χ1) is 5.77. The van der Waals surface area contributed by atoms with Gasteiger partial charge in [-0.3, -0.25) is 4.99 Å². The third kappa shape index (κ3) is 1.82. The summed E-state index contributed by atoms with van der Waals surface area (Å²) >= 11 is 0. The van der Waals surface area contributed by atoms with Crippen LogP contribution >= 0.6 is 0 Å². The number of hydrogen-bond acceptors (Lipinski definition) is 2. The fourth-order valence-electron chi connectivity index (χ4n) is 1.20. The normalized spacial score (nSPS) is 17.9. The summed E-state index contributed by atoms with van der Waals surface area (Å²) in [4.78, 5) is 3.91. The molecule has 0 atom stereocenters. The quantitative estimate of drug-likeness (QED) is 0.542. The Labute approximate surface area is 72.9 Å². The van der Waals surface area contributed by atoms with Crippen molar-refractivity contribution in [1.82, 2.24) is 0 Å². The average molecular weight is 160 g/mol. The Balaban J connectivity index is 2.86. The van der Waals surface area contributed by atoms with E-state index in [1.54, 1.807) is 7.05 Å². The molecule has 0 radical (unpaired) electrons. The van der Waals surface area contributed by atoms with Crippen molar-refractivity contribution in [2.24, 2.45) is 4.99 Å². The first-order valence-corrected chi connectivity index (χ1v) is 4.01. The molecule has 0 saturated heterocycles. The highest BCUT2D eigenvalue weighted by Gasteiger charge is 2.08. The Bertz CT molecular complexity index is 300. The van der Waals surface area contributed by atoms with Gasteiger partial charge in [-0.25, -0.2) is 0 Å². The first kappa shape index (κ1) is 8.73. The lowest BCUT2D eigenvalue weighted by atomic mass is 9.96. The van der Waals surface area contributed by atoms with Crippen molar-refractivity contribution in [3.63, 3.8) is 0 Å². The Morgan fingerprint density at radius 3 is 2.67 bits per heavy atom. The highest BCUT2D eigenvalue weighted by molar-refractivity contribution is 6.11. The highest BCUT2D eigenvalue weighted by atomic mass is 14.7. The van der Waals surface area contributed by atoms with E-state index in [2.05, 4.69) is 24.1 Å². The van der Waals surface area contributed by atoms with Crippen LogP contribution in [0.2, 0.25) is 0 Å². The first-order valence-electron chi connectivity index (χ1n) is 4.01. The monoisotopic (exact) mass is 160 g/mol. The number of nitriles is 1. The molecule has 0 aromatic heterocycles. The van der Waals surface area contributed by atoms with Gasteiger partial charge in [0.05, 0.1) is 0 Å². The molecular weight excluding hydrogens is 148 g/mol. The van der Waals surface area contributed by atoms with E-state index in [1.165, 1.54) is 5.57 Å². The van der Waals surface area contributed by atoms with Gasteiger partial charge in [0, 0.05) is 7.05 Å². The van der Waals surface area contributed by atoms with Crippen molar-refractivity contribution < 1.29 is 0 Å². The second-order valence-corrected chi connectivity index (χ2v) is 2.89. The van der Waals surface area contributed by atoms with Gasteiger partial charge in [-0.1, -0.05) is 17.7 Å². The summed E-state index contributed by atoms with van der Waals surface area (Å²) < 4.78 is 0. The van der Waals surface area contributed by atoms with Crippen LogP contribution in [0, 0.1) is 11.3 Å². The molecule has 0 aromatic carbocycles. The second kappa shape index (κ2) is 3.87. The molecule has 0 N–H and O–H groups in total. The summed E-state index contributed by atoms with van der Waals surface area (Å²) in [6.45, 7) is 2.10. The molecule has 0 unspecified atom stereocenters. The molecule has 0 heterocycles. The van der Waals surface area contributed by atoms with Crippen LogP contribution in [0.1, 0.15) is 19.8 Å². The van der Waals surface area contributed by atoms with E-state index in [0.717, 1.165) is 18.4 Å². The van der Waals surface area contributed by atoms with Crippen LogP contribution in [-0.4, -0.2) is 12.8 Å². The van der Waals surface area contributed by atoms with Gasteiger partial charge in [0.15, 0.2) is 0 Å². The number of hydrogen-bond donors (Lipinski definition) is 0. The molecule has 0 amide bonds. The summed E-state index contributed by atoms with van der Waals surface area (Å²) in [5.74, 6) is 0. The van der Waals surface area contributed by atoms with E-state index >= 15 is 0 Å². The minimum atomic E-state index is 0.568. The van der Waals surface area contributed by atoms with Crippen LogP contribution in [-0.2, 0) is 0 Å². The van der Waals surface area contributed by atoms with Gasteiger partial charge in [-0.15, -0.1) is 0 Å². The molecule has 62 valence electrons. The largest absolute Gasteiger partial charge is 0.277 e. The van der Waals surface area contributed by atoms with Crippen molar-refractivity contribution in [1.29, 1.82) is 5.26 Å². The molecule has 12 heavy (non-hydrogen) atoms. The maximum absolute atomic E-state index is 8.70. The lowest BCUT2D eigenvalue weighted by Gasteiger charge is -2.09. The maximum atomic E-state index is 8.70. The topological polar surface area (TPSA) is 36.1 Å². The molecule has 0 bridgehead atoms. The van der Waals surface area contributed by atoms with E-state index < -0.39 is 0 Å². The van der Waals surface area contributed by atoms with Crippen molar-refractivity contribution >= 4 is 5.71 Å². The van der Waals surface area contributed by atoms with Gasteiger partial charge < -0.3 is 0 Å². The molecule has 0 saturated carbocycles. The molecule has 0 aromatic rings. The molecule has 0 spiro atoms. The maximum Gasteiger partial charge on any atom is 0.138 e. The number of allylic oxidation sites excluding steroid dienone is 4. The lowest BCUT2D eigenvalue weighted by molar-refractivity contribution is 0.937. The van der Waals surface area contributed by atoms with E-state index in [4.69, 9.17) is 5.26 Å². The van der Waals surface area contributed by atoms with Gasteiger partial charge in [0.1, 0.15) is 11.8 Å². The molecule has 1 aliphatic rings. The number of nitrogens with zero attached hydrogens (tertiary/aromatic N) is 2. The Hall–Kier alpha value is -1.36. The number of aliphatic imine (C=N–C) groups is 1. The molecule has 2 heteroatoms. The fourth-order valence-corrected chi connectivity index (χ4v) is 1.20. The van der Waals surface area contributed by atoms with Gasteiger partial charge in [-0.05, 0) is 25.3 Å². The van der Waals surface area contributed by atoms with Crippen LogP contribution in [0.4, 0.5) is 0 Å². The van der Waals surface area contributed by atoms with Crippen molar-refractivity contribution in [2.45, 2.75) is 19.8 Å². The zero-order valence-corrected chi connectivity index (χ0v) is 7.46. The van der Waals surface area contributed by atoms with Crippen LogP contribution in [0.3, 0.4) is 0 Å². The van der Waals surface area contributed by atoms with Crippen LogP contribution in [0.15, 0.2) is 28.3 Å². The highest BCUT2D eigenvalue weighted by Crippen LogP contribution is 2.18.